The number of nitrogens with zero attached hydrogens (tertiary/aromatic N) is 2. The molecule has 1 amide bonds. The van der Waals surface area contributed by atoms with Crippen molar-refractivity contribution in [1.29, 1.82) is 0 Å². The third-order valence-corrected chi connectivity index (χ3v) is 6.91. The van der Waals surface area contributed by atoms with Crippen LogP contribution in [0.15, 0.2) is 70.2 Å². The average Bonchev–Trinajstić information content (AvgIpc) is 3.40. The third kappa shape index (κ3) is 4.60. The first kappa shape index (κ1) is 20.7. The summed E-state index contributed by atoms with van der Waals surface area (Å²) in [5, 5.41) is 0.712. The second-order valence-electron chi connectivity index (χ2n) is 7.51. The molecule has 0 aliphatic heterocycles. The smallest absolute Gasteiger partial charge is 0.239 e. The van der Waals surface area contributed by atoms with Crippen LogP contribution in [0.4, 0.5) is 5.13 Å². The van der Waals surface area contributed by atoms with Crippen molar-refractivity contribution in [3.8, 4) is 0 Å². The number of hydrogen-bond acceptors (Lipinski definition) is 5. The largest absolute Gasteiger partial charge is 0.467 e. The minimum absolute atomic E-state index is 0.0159. The molecule has 0 radical (unpaired) electrons. The summed E-state index contributed by atoms with van der Waals surface area (Å²) in [5.74, 6) is 1.47. The lowest BCUT2D eigenvalue weighted by atomic mass is 10.0. The summed E-state index contributed by atoms with van der Waals surface area (Å²) in [5.41, 5.74) is 3.39. The van der Waals surface area contributed by atoms with Gasteiger partial charge in [0.25, 0.3) is 0 Å². The minimum Gasteiger partial charge on any atom is -0.467 e. The highest BCUT2D eigenvalue weighted by molar-refractivity contribution is 8.00. The predicted octanol–water partition coefficient (Wildman–Crippen LogP) is 6.65. The van der Waals surface area contributed by atoms with Crippen LogP contribution in [0.1, 0.15) is 36.7 Å². The van der Waals surface area contributed by atoms with Crippen LogP contribution >= 0.6 is 23.1 Å². The van der Waals surface area contributed by atoms with E-state index in [-0.39, 0.29) is 5.91 Å². The van der Waals surface area contributed by atoms with E-state index < -0.39 is 0 Å². The molecule has 2 heterocycles. The molecule has 0 spiro atoms. The lowest BCUT2D eigenvalue weighted by Crippen LogP contribution is -2.31. The molecule has 0 bridgehead atoms. The van der Waals surface area contributed by atoms with Gasteiger partial charge in [0.2, 0.25) is 5.91 Å². The van der Waals surface area contributed by atoms with Gasteiger partial charge in [-0.1, -0.05) is 55.0 Å². The number of carbonyl (C=O) groups is 1. The molecule has 0 atom stereocenters. The second-order valence-corrected chi connectivity index (χ2v) is 9.56. The van der Waals surface area contributed by atoms with Crippen molar-refractivity contribution < 1.29 is 9.21 Å². The number of para-hydroxylation sites is 1. The van der Waals surface area contributed by atoms with E-state index in [9.17, 15) is 4.79 Å². The van der Waals surface area contributed by atoms with Crippen LogP contribution in [0.5, 0.6) is 0 Å². The Balaban J connectivity index is 1.62. The quantitative estimate of drug-likeness (QED) is 0.304. The van der Waals surface area contributed by atoms with Crippen molar-refractivity contribution in [2.45, 2.75) is 38.1 Å². The molecular weight excluding hydrogens is 412 g/mol. The number of furan rings is 1. The average molecular weight is 437 g/mol. The molecule has 30 heavy (non-hydrogen) atoms. The van der Waals surface area contributed by atoms with Crippen LogP contribution in [-0.4, -0.2) is 16.6 Å². The maximum Gasteiger partial charge on any atom is 0.239 e. The number of thiazole rings is 1. The highest BCUT2D eigenvalue weighted by atomic mass is 32.2. The summed E-state index contributed by atoms with van der Waals surface area (Å²) in [6.07, 6.45) is 1.63. The van der Waals surface area contributed by atoms with Gasteiger partial charge in [0, 0.05) is 4.90 Å². The summed E-state index contributed by atoms with van der Waals surface area (Å²) in [6.45, 7) is 6.76. The minimum atomic E-state index is 0.0159. The number of carbonyl (C=O) groups excluding carboxylic acids is 1. The van der Waals surface area contributed by atoms with E-state index in [4.69, 9.17) is 9.40 Å². The molecule has 0 saturated heterocycles. The lowest BCUT2D eigenvalue weighted by Gasteiger charge is -2.18. The van der Waals surface area contributed by atoms with E-state index in [0.717, 1.165) is 20.9 Å². The molecular formula is C24H24N2O2S2. The van der Waals surface area contributed by atoms with E-state index in [2.05, 4.69) is 63.2 Å². The standard InChI is InChI=1S/C24H24N2O2S2/c1-16(2)20-7-4-8-21-23(20)25-24(30-21)26(14-18-6-5-13-28-18)22(27)15-29-19-11-9-17(3)10-12-19/h4-13,16H,14-15H2,1-3H3. The zero-order valence-electron chi connectivity index (χ0n) is 17.3. The van der Waals surface area contributed by atoms with Gasteiger partial charge in [0.15, 0.2) is 5.13 Å². The van der Waals surface area contributed by atoms with Crippen molar-refractivity contribution in [2.24, 2.45) is 0 Å². The van der Waals surface area contributed by atoms with E-state index in [1.165, 1.54) is 11.1 Å². The second kappa shape index (κ2) is 9.06. The molecule has 0 unspecified atom stereocenters. The fourth-order valence-corrected chi connectivity index (χ4v) is 5.01. The Labute approximate surface area is 184 Å². The maximum atomic E-state index is 13.2. The number of fused-ring (bicyclic) bond motifs is 1. The topological polar surface area (TPSA) is 46.3 Å². The van der Waals surface area contributed by atoms with Gasteiger partial charge in [-0.2, -0.15) is 0 Å². The Kier molecular flexibility index (Phi) is 6.25. The van der Waals surface area contributed by atoms with Crippen molar-refractivity contribution in [1.82, 2.24) is 4.98 Å². The number of benzene rings is 2. The first-order chi connectivity index (χ1) is 14.5. The number of aromatic nitrogens is 1. The van der Waals surface area contributed by atoms with Crippen LogP contribution < -0.4 is 4.90 Å². The van der Waals surface area contributed by atoms with Crippen LogP contribution in [-0.2, 0) is 11.3 Å². The van der Waals surface area contributed by atoms with Crippen molar-refractivity contribution in [3.63, 3.8) is 0 Å². The number of aryl methyl sites for hydroxylation is 1. The fourth-order valence-electron chi connectivity index (χ4n) is 3.22. The van der Waals surface area contributed by atoms with Crippen molar-refractivity contribution >= 4 is 44.4 Å². The number of anilines is 1. The summed E-state index contributed by atoms with van der Waals surface area (Å²) < 4.78 is 6.62. The van der Waals surface area contributed by atoms with Gasteiger partial charge in [-0.05, 0) is 48.7 Å². The molecule has 0 aliphatic rings. The highest BCUT2D eigenvalue weighted by Gasteiger charge is 2.22. The van der Waals surface area contributed by atoms with Gasteiger partial charge in [-0.3, -0.25) is 9.69 Å². The highest BCUT2D eigenvalue weighted by Crippen LogP contribution is 2.34. The zero-order valence-corrected chi connectivity index (χ0v) is 18.9. The molecule has 4 nitrogen and oxygen atoms in total. The number of thioether (sulfide) groups is 1. The number of rotatable bonds is 7. The van der Waals surface area contributed by atoms with Crippen molar-refractivity contribution in [3.05, 3.63) is 77.7 Å². The Bertz CT molecular complexity index is 1130. The molecule has 0 aliphatic carbocycles. The Morgan fingerprint density at radius 2 is 1.93 bits per heavy atom. The summed E-state index contributed by atoms with van der Waals surface area (Å²) in [6, 6.07) is 18.2. The molecule has 4 rings (SSSR count). The molecule has 6 heteroatoms. The van der Waals surface area contributed by atoms with Crippen LogP contribution in [0.3, 0.4) is 0 Å². The van der Waals surface area contributed by atoms with E-state index in [1.54, 1.807) is 34.3 Å². The maximum absolute atomic E-state index is 13.2. The molecule has 0 fully saturated rings. The van der Waals surface area contributed by atoms with Gasteiger partial charge in [0.1, 0.15) is 5.76 Å². The van der Waals surface area contributed by atoms with Gasteiger partial charge >= 0.3 is 0 Å². The molecule has 0 saturated carbocycles. The van der Waals surface area contributed by atoms with Gasteiger partial charge in [-0.25, -0.2) is 4.98 Å². The van der Waals surface area contributed by atoms with Crippen molar-refractivity contribution in [2.75, 3.05) is 10.7 Å². The Morgan fingerprint density at radius 3 is 2.63 bits per heavy atom. The lowest BCUT2D eigenvalue weighted by molar-refractivity contribution is -0.116. The summed E-state index contributed by atoms with van der Waals surface area (Å²) >= 11 is 3.10. The van der Waals surface area contributed by atoms with Crippen LogP contribution in [0, 0.1) is 6.92 Å². The Hall–Kier alpha value is -2.57. The zero-order chi connectivity index (χ0) is 21.1. The summed E-state index contributed by atoms with van der Waals surface area (Å²) in [7, 11) is 0. The third-order valence-electron chi connectivity index (χ3n) is 4.87. The SMILES string of the molecule is Cc1ccc(SCC(=O)N(Cc2ccco2)c2nc3c(C(C)C)cccc3s2)cc1. The van der Waals surface area contributed by atoms with Gasteiger partial charge in [-0.15, -0.1) is 11.8 Å². The van der Waals surface area contributed by atoms with E-state index in [1.807, 2.05) is 12.1 Å². The molecule has 0 N–H and O–H groups in total. The molecule has 4 aromatic rings. The first-order valence-electron chi connectivity index (χ1n) is 9.93. The monoisotopic (exact) mass is 436 g/mol. The van der Waals surface area contributed by atoms with E-state index >= 15 is 0 Å². The predicted molar refractivity (Wildman–Crippen MR) is 126 cm³/mol. The van der Waals surface area contributed by atoms with Gasteiger partial charge < -0.3 is 4.42 Å². The first-order valence-corrected chi connectivity index (χ1v) is 11.7. The molecule has 154 valence electrons. The normalized spacial score (nSPS) is 11.3. The molecule has 2 aromatic carbocycles. The van der Waals surface area contributed by atoms with Crippen LogP contribution in [0.25, 0.3) is 10.2 Å². The molecule has 2 aromatic heterocycles. The summed E-state index contributed by atoms with van der Waals surface area (Å²) in [4.78, 5) is 20.9. The van der Waals surface area contributed by atoms with Crippen LogP contribution in [0.2, 0.25) is 0 Å². The fraction of sp³-hybridized carbons (Fsp3) is 0.250. The number of amides is 1. The Morgan fingerprint density at radius 1 is 1.13 bits per heavy atom. The van der Waals surface area contributed by atoms with E-state index in [0.29, 0.717) is 23.3 Å². The number of hydrogen-bond donors (Lipinski definition) is 0. The van der Waals surface area contributed by atoms with Gasteiger partial charge in [0.05, 0.1) is 28.8 Å².